The molecule has 6 nitrogen and oxygen atoms in total. The molecule has 0 radical (unpaired) electrons. The van der Waals surface area contributed by atoms with Crippen LogP contribution in [0.1, 0.15) is 34.6 Å². The van der Waals surface area contributed by atoms with Crippen molar-refractivity contribution in [1.82, 2.24) is 9.88 Å². The second kappa shape index (κ2) is 7.85. The minimum atomic E-state index is -0.545. The summed E-state index contributed by atoms with van der Waals surface area (Å²) in [5.41, 5.74) is 1.95. The third-order valence-corrected chi connectivity index (χ3v) is 7.67. The van der Waals surface area contributed by atoms with Gasteiger partial charge in [-0.3, -0.25) is 9.59 Å². The monoisotopic (exact) mass is 453 g/mol. The Morgan fingerprint density at radius 3 is 2.72 bits per heavy atom. The lowest BCUT2D eigenvalue weighted by atomic mass is 9.90. The standard InChI is InChI=1S/C24H24FN3O3S/c1-14-26-19-12-16(4-6-21(19)32-14)27-22(29)17-13-24(17)7-9-28(10-8-24)23(30)15-3-5-20(31-2)18(25)11-15/h3-6,11-12,17H,7-10,13H2,1-2H3,(H,27,29)/t17-/m0/s1. The molecule has 1 N–H and O–H groups in total. The van der Waals surface area contributed by atoms with Crippen molar-refractivity contribution < 1.29 is 18.7 Å². The number of thiazole rings is 1. The van der Waals surface area contributed by atoms with E-state index in [-0.39, 0.29) is 28.9 Å². The molecule has 2 fully saturated rings. The zero-order chi connectivity index (χ0) is 22.5. The number of hydrogen-bond acceptors (Lipinski definition) is 5. The smallest absolute Gasteiger partial charge is 0.253 e. The van der Waals surface area contributed by atoms with E-state index >= 15 is 0 Å². The number of fused-ring (bicyclic) bond motifs is 1. The van der Waals surface area contributed by atoms with Gasteiger partial charge in [0.25, 0.3) is 5.91 Å². The highest BCUT2D eigenvalue weighted by molar-refractivity contribution is 7.18. The number of hydrogen-bond donors (Lipinski definition) is 1. The van der Waals surface area contributed by atoms with E-state index in [4.69, 9.17) is 4.74 Å². The van der Waals surface area contributed by atoms with Gasteiger partial charge < -0.3 is 15.0 Å². The maximum Gasteiger partial charge on any atom is 0.253 e. The molecule has 8 heteroatoms. The number of aromatic nitrogens is 1. The van der Waals surface area contributed by atoms with Crippen molar-refractivity contribution in [1.29, 1.82) is 0 Å². The fraction of sp³-hybridized carbons (Fsp3) is 0.375. The molecule has 1 atom stereocenters. The molecule has 1 saturated carbocycles. The average Bonchev–Trinajstić information content (AvgIpc) is 3.35. The van der Waals surface area contributed by atoms with Crippen LogP contribution in [0.3, 0.4) is 0 Å². The molecule has 0 bridgehead atoms. The lowest BCUT2D eigenvalue weighted by Gasteiger charge is -2.33. The van der Waals surface area contributed by atoms with Crippen molar-refractivity contribution in [2.45, 2.75) is 26.2 Å². The SMILES string of the molecule is COc1ccc(C(=O)N2CCC3(CC2)C[C@H]3C(=O)Nc2ccc3sc(C)nc3c2)cc1F. The van der Waals surface area contributed by atoms with E-state index in [0.29, 0.717) is 18.7 Å². The molecule has 1 aliphatic heterocycles. The summed E-state index contributed by atoms with van der Waals surface area (Å²) in [5, 5.41) is 4.05. The number of anilines is 1. The van der Waals surface area contributed by atoms with Gasteiger partial charge in [0.2, 0.25) is 5.91 Å². The van der Waals surface area contributed by atoms with Crippen LogP contribution in [0.25, 0.3) is 10.2 Å². The predicted octanol–water partition coefficient (Wildman–Crippen LogP) is 4.63. The minimum absolute atomic E-state index is 0.0344. The fourth-order valence-corrected chi connectivity index (χ4v) is 5.57. The van der Waals surface area contributed by atoms with E-state index in [1.807, 2.05) is 25.1 Å². The molecule has 1 aromatic heterocycles. The van der Waals surface area contributed by atoms with E-state index < -0.39 is 5.82 Å². The molecule has 2 aromatic carbocycles. The van der Waals surface area contributed by atoms with Crippen LogP contribution >= 0.6 is 11.3 Å². The van der Waals surface area contributed by atoms with Gasteiger partial charge in [0.1, 0.15) is 0 Å². The van der Waals surface area contributed by atoms with E-state index in [0.717, 1.165) is 40.2 Å². The van der Waals surface area contributed by atoms with Crippen molar-refractivity contribution in [2.24, 2.45) is 11.3 Å². The quantitative estimate of drug-likeness (QED) is 0.625. The number of halogens is 1. The Kier molecular flexibility index (Phi) is 5.12. The maximum absolute atomic E-state index is 14.0. The summed E-state index contributed by atoms with van der Waals surface area (Å²) < 4.78 is 20.0. The van der Waals surface area contributed by atoms with Gasteiger partial charge >= 0.3 is 0 Å². The van der Waals surface area contributed by atoms with E-state index in [9.17, 15) is 14.0 Å². The largest absolute Gasteiger partial charge is 0.494 e. The van der Waals surface area contributed by atoms with Gasteiger partial charge in [-0.15, -0.1) is 11.3 Å². The van der Waals surface area contributed by atoms with Crippen LogP contribution < -0.4 is 10.1 Å². The Morgan fingerprint density at radius 1 is 1.22 bits per heavy atom. The lowest BCUT2D eigenvalue weighted by molar-refractivity contribution is -0.118. The van der Waals surface area contributed by atoms with Crippen LogP contribution in [0.2, 0.25) is 0 Å². The molecule has 5 rings (SSSR count). The number of aryl methyl sites for hydroxylation is 1. The van der Waals surface area contributed by atoms with Crippen molar-refractivity contribution in [3.8, 4) is 5.75 Å². The third-order valence-electron chi connectivity index (χ3n) is 6.71. The summed E-state index contributed by atoms with van der Waals surface area (Å²) in [7, 11) is 1.39. The number of piperidine rings is 1. The summed E-state index contributed by atoms with van der Waals surface area (Å²) in [6, 6.07) is 10.1. The molecular weight excluding hydrogens is 429 g/mol. The normalized spacial score (nSPS) is 19.2. The molecule has 2 heterocycles. The second-order valence-corrected chi connectivity index (χ2v) is 9.90. The van der Waals surface area contributed by atoms with E-state index in [1.54, 1.807) is 22.3 Å². The summed E-state index contributed by atoms with van der Waals surface area (Å²) in [6.07, 6.45) is 2.40. The molecule has 1 spiro atoms. The van der Waals surface area contributed by atoms with Crippen LogP contribution in [0.15, 0.2) is 36.4 Å². The first-order valence-electron chi connectivity index (χ1n) is 10.7. The first kappa shape index (κ1) is 20.9. The van der Waals surface area contributed by atoms with Crippen LogP contribution in [0.4, 0.5) is 10.1 Å². The van der Waals surface area contributed by atoms with Crippen molar-refractivity contribution in [3.05, 3.63) is 52.8 Å². The Labute approximate surface area is 189 Å². The van der Waals surface area contributed by atoms with E-state index in [2.05, 4.69) is 10.3 Å². The number of carbonyl (C=O) groups is 2. The number of methoxy groups -OCH3 is 1. The highest BCUT2D eigenvalue weighted by atomic mass is 32.1. The maximum atomic E-state index is 14.0. The number of benzene rings is 2. The molecule has 2 amide bonds. The number of ether oxygens (including phenoxy) is 1. The van der Waals surface area contributed by atoms with Crippen molar-refractivity contribution in [3.63, 3.8) is 0 Å². The van der Waals surface area contributed by atoms with Crippen LogP contribution in [-0.4, -0.2) is 41.9 Å². The second-order valence-electron chi connectivity index (χ2n) is 8.67. The van der Waals surface area contributed by atoms with Gasteiger partial charge in [0, 0.05) is 30.3 Å². The molecule has 0 unspecified atom stereocenters. The van der Waals surface area contributed by atoms with Crippen LogP contribution in [-0.2, 0) is 4.79 Å². The summed E-state index contributed by atoms with van der Waals surface area (Å²) >= 11 is 1.64. The van der Waals surface area contributed by atoms with Gasteiger partial charge in [-0.05, 0) is 68.0 Å². The molecule has 2 aliphatic rings. The highest BCUT2D eigenvalue weighted by Crippen LogP contribution is 2.59. The minimum Gasteiger partial charge on any atom is -0.494 e. The zero-order valence-corrected chi connectivity index (χ0v) is 18.8. The highest BCUT2D eigenvalue weighted by Gasteiger charge is 2.58. The molecule has 166 valence electrons. The van der Waals surface area contributed by atoms with Gasteiger partial charge in [-0.1, -0.05) is 0 Å². The summed E-state index contributed by atoms with van der Waals surface area (Å²) in [4.78, 5) is 31.9. The number of carbonyl (C=O) groups excluding carboxylic acids is 2. The Morgan fingerprint density at radius 2 is 2.00 bits per heavy atom. The predicted molar refractivity (Wildman–Crippen MR) is 122 cm³/mol. The molecule has 1 aliphatic carbocycles. The fourth-order valence-electron chi connectivity index (χ4n) is 4.76. The first-order chi connectivity index (χ1) is 15.4. The Bertz CT molecular complexity index is 1220. The Hall–Kier alpha value is -3.00. The third kappa shape index (κ3) is 3.72. The van der Waals surface area contributed by atoms with Crippen molar-refractivity contribution in [2.75, 3.05) is 25.5 Å². The van der Waals surface area contributed by atoms with Crippen LogP contribution in [0, 0.1) is 24.1 Å². The number of likely N-dealkylation sites (tertiary alicyclic amines) is 1. The average molecular weight is 454 g/mol. The van der Waals surface area contributed by atoms with Gasteiger partial charge in [0.15, 0.2) is 11.6 Å². The summed E-state index contributed by atoms with van der Waals surface area (Å²) in [5.74, 6) is -0.610. The first-order valence-corrected chi connectivity index (χ1v) is 11.5. The zero-order valence-electron chi connectivity index (χ0n) is 18.0. The van der Waals surface area contributed by atoms with Crippen LogP contribution in [0.5, 0.6) is 5.75 Å². The number of nitrogens with one attached hydrogen (secondary N) is 1. The van der Waals surface area contributed by atoms with Crippen molar-refractivity contribution >= 4 is 39.1 Å². The molecule has 32 heavy (non-hydrogen) atoms. The molecular formula is C24H24FN3O3S. The number of amides is 2. The van der Waals surface area contributed by atoms with E-state index in [1.165, 1.54) is 19.2 Å². The molecule has 1 saturated heterocycles. The van der Waals surface area contributed by atoms with Gasteiger partial charge in [0.05, 0.1) is 22.3 Å². The number of nitrogens with zero attached hydrogens (tertiary/aromatic N) is 2. The topological polar surface area (TPSA) is 71.5 Å². The van der Waals surface area contributed by atoms with Gasteiger partial charge in [-0.2, -0.15) is 0 Å². The summed E-state index contributed by atoms with van der Waals surface area (Å²) in [6.45, 7) is 3.11. The Balaban J connectivity index is 1.19. The number of rotatable bonds is 4. The van der Waals surface area contributed by atoms with Gasteiger partial charge in [-0.25, -0.2) is 9.37 Å². The lowest BCUT2D eigenvalue weighted by Crippen LogP contribution is -2.40. The molecule has 3 aromatic rings.